The summed E-state index contributed by atoms with van der Waals surface area (Å²) in [6, 6.07) is 6.47. The van der Waals surface area contributed by atoms with Crippen LogP contribution in [-0.4, -0.2) is 110 Å². The molecule has 3 aromatic rings. The summed E-state index contributed by atoms with van der Waals surface area (Å²) in [4.78, 5) is 67.3. The standard InChI is InChI=1S/C34H31N9O11S3/c1-15-6-25(43-24(36-15)9-41(40-43)14-53-33(52)17-3-5-21(45)23(47)8-17)55-11-18-12-56-31-27(30(49)42(31)28(18)32(50)51)38-29(48)26(19-13-57-34(35)37-19)39-54-10-16-2-4-20(44)22(46)7-16/h2-9,13,27,31,40,44-47H,10-12,14H2,1H3,(H2,35,37)(H,38,48)(H,50,51)/t27-,31-/m1/s1. The lowest BCUT2D eigenvalue weighted by molar-refractivity contribution is -0.150. The van der Waals surface area contributed by atoms with Crippen LogP contribution in [0.2, 0.25) is 0 Å². The second-order valence-corrected chi connectivity index (χ2v) is 15.4. The van der Waals surface area contributed by atoms with Gasteiger partial charge in [-0.2, -0.15) is 0 Å². The van der Waals surface area contributed by atoms with Crippen LogP contribution in [0.15, 0.2) is 86.3 Å². The lowest BCUT2D eigenvalue weighted by atomic mass is 10.0. The maximum atomic E-state index is 13.5. The SMILES string of the molecule is CC1=NC2=CN(COC(=O)c3ccc(O)c(O)c3)NN2C(SCC2=C(C(=O)O)N3C(=O)[C@@H](NC(=O)C(=NOCc4ccc(O)c(O)c4)c4csc(N)n4)[C@H]3SC2)=C1. The van der Waals surface area contributed by atoms with E-state index >= 15 is 0 Å². The zero-order valence-corrected chi connectivity index (χ0v) is 31.8. The molecule has 1 fully saturated rings. The first-order chi connectivity index (χ1) is 27.3. The number of nitrogen functional groups attached to an aromatic ring is 1. The van der Waals surface area contributed by atoms with Crippen LogP contribution in [-0.2, 0) is 30.6 Å². The van der Waals surface area contributed by atoms with Gasteiger partial charge in [0.1, 0.15) is 29.4 Å². The van der Waals surface area contributed by atoms with Gasteiger partial charge in [0.15, 0.2) is 46.4 Å². The first-order valence-corrected chi connectivity index (χ1v) is 19.5. The summed E-state index contributed by atoms with van der Waals surface area (Å²) in [5.41, 5.74) is 10.00. The highest BCUT2D eigenvalue weighted by Gasteiger charge is 2.54. The van der Waals surface area contributed by atoms with E-state index in [-0.39, 0.29) is 69.9 Å². The number of thiazole rings is 1. The highest BCUT2D eigenvalue weighted by molar-refractivity contribution is 8.03. The van der Waals surface area contributed by atoms with Gasteiger partial charge in [-0.05, 0) is 54.5 Å². The number of thioether (sulfide) groups is 2. The Morgan fingerprint density at radius 3 is 2.56 bits per heavy atom. The Kier molecular flexibility index (Phi) is 10.9. The topological polar surface area (TPSA) is 285 Å². The average Bonchev–Trinajstić information content (AvgIpc) is 3.80. The first-order valence-electron chi connectivity index (χ1n) is 16.5. The van der Waals surface area contributed by atoms with Crippen LogP contribution in [0.4, 0.5) is 5.13 Å². The van der Waals surface area contributed by atoms with Crippen LogP contribution in [0.3, 0.4) is 0 Å². The molecule has 1 aromatic heterocycles. The predicted molar refractivity (Wildman–Crippen MR) is 206 cm³/mol. The van der Waals surface area contributed by atoms with Gasteiger partial charge in [-0.1, -0.05) is 11.2 Å². The van der Waals surface area contributed by atoms with Crippen LogP contribution in [0.5, 0.6) is 23.0 Å². The fraction of sp³-hybridized carbons (Fsp3) is 0.206. The third-order valence-corrected chi connectivity index (χ3v) is 11.6. The predicted octanol–water partition coefficient (Wildman–Crippen LogP) is 1.91. The van der Waals surface area contributed by atoms with Crippen molar-refractivity contribution < 1.29 is 54.3 Å². The summed E-state index contributed by atoms with van der Waals surface area (Å²) in [5.74, 6) is -4.19. The summed E-state index contributed by atoms with van der Waals surface area (Å²) >= 11 is 3.61. The van der Waals surface area contributed by atoms with Crippen molar-refractivity contribution in [2.75, 3.05) is 24.0 Å². The molecule has 2 amide bonds. The molecule has 0 saturated carbocycles. The maximum absolute atomic E-state index is 13.5. The molecule has 9 N–H and O–H groups in total. The van der Waals surface area contributed by atoms with E-state index in [4.69, 9.17) is 15.3 Å². The van der Waals surface area contributed by atoms with Crippen molar-refractivity contribution in [2.45, 2.75) is 24.9 Å². The summed E-state index contributed by atoms with van der Waals surface area (Å²) in [5, 5.41) is 60.0. The average molecular weight is 838 g/mol. The molecule has 0 spiro atoms. The molecule has 0 radical (unpaired) electrons. The number of oxime groups is 1. The highest BCUT2D eigenvalue weighted by Crippen LogP contribution is 2.42. The smallest absolute Gasteiger partial charge is 0.352 e. The number of rotatable bonds is 13. The van der Waals surface area contributed by atoms with Crippen molar-refractivity contribution >= 4 is 75.2 Å². The van der Waals surface area contributed by atoms with Crippen LogP contribution in [0.1, 0.15) is 28.5 Å². The number of nitrogens with one attached hydrogen (secondary N) is 2. The number of aromatic hydroxyl groups is 4. The number of aliphatic carboxylic acids is 1. The van der Waals surface area contributed by atoms with Crippen molar-refractivity contribution in [1.29, 1.82) is 0 Å². The van der Waals surface area contributed by atoms with Gasteiger partial charge in [0.2, 0.25) is 0 Å². The number of carboxylic acids is 1. The van der Waals surface area contributed by atoms with Crippen molar-refractivity contribution in [1.82, 2.24) is 30.8 Å². The number of phenolic OH excluding ortho intramolecular Hbond substituents is 4. The largest absolute Gasteiger partial charge is 0.504 e. The number of hydrogen-bond donors (Lipinski definition) is 8. The van der Waals surface area contributed by atoms with Gasteiger partial charge >= 0.3 is 11.9 Å². The fourth-order valence-corrected chi connectivity index (χ4v) is 8.83. The zero-order valence-electron chi connectivity index (χ0n) is 29.4. The molecule has 0 aliphatic carbocycles. The van der Waals surface area contributed by atoms with E-state index in [1.54, 1.807) is 24.2 Å². The quantitative estimate of drug-likeness (QED) is 0.0401. The molecule has 4 aliphatic heterocycles. The maximum Gasteiger partial charge on any atom is 0.352 e. The number of esters is 1. The Bertz CT molecular complexity index is 2340. The number of nitrogens with two attached hydrogens (primary N) is 1. The number of carboxylic acid groups (broad SMARTS) is 1. The van der Waals surface area contributed by atoms with Gasteiger partial charge < -0.3 is 46.2 Å². The molecule has 2 atom stereocenters. The fourth-order valence-electron chi connectivity index (χ4n) is 5.73. The van der Waals surface area contributed by atoms with Crippen molar-refractivity contribution in [3.05, 3.63) is 93.0 Å². The normalized spacial score (nSPS) is 18.9. The Balaban J connectivity index is 0.989. The zero-order chi connectivity index (χ0) is 40.5. The number of carbonyl (C=O) groups excluding carboxylic acids is 3. The minimum Gasteiger partial charge on any atom is -0.504 e. The number of carbonyl (C=O) groups is 4. The number of amides is 2. The van der Waals surface area contributed by atoms with E-state index < -0.39 is 40.9 Å². The molecule has 2 aromatic carbocycles. The molecule has 5 heterocycles. The lowest BCUT2D eigenvalue weighted by Crippen LogP contribution is -2.71. The Morgan fingerprint density at radius 1 is 1.11 bits per heavy atom. The number of ether oxygens (including phenoxy) is 1. The summed E-state index contributed by atoms with van der Waals surface area (Å²) in [7, 11) is 0. The minimum atomic E-state index is -1.31. The molecule has 20 nitrogen and oxygen atoms in total. The summed E-state index contributed by atoms with van der Waals surface area (Å²) in [6.07, 6.45) is 3.37. The van der Waals surface area contributed by atoms with E-state index in [0.29, 0.717) is 27.7 Å². The Hall–Kier alpha value is -6.43. The van der Waals surface area contributed by atoms with E-state index in [0.717, 1.165) is 22.3 Å². The second-order valence-electron chi connectivity index (χ2n) is 12.4. The lowest BCUT2D eigenvalue weighted by Gasteiger charge is -2.49. The van der Waals surface area contributed by atoms with Crippen molar-refractivity contribution in [3.8, 4) is 23.0 Å². The van der Waals surface area contributed by atoms with Crippen molar-refractivity contribution in [2.24, 2.45) is 10.1 Å². The van der Waals surface area contributed by atoms with Gasteiger partial charge in [0.05, 0.1) is 16.8 Å². The number of fused-ring (bicyclic) bond motifs is 2. The van der Waals surface area contributed by atoms with Crippen LogP contribution < -0.4 is 16.6 Å². The molecular weight excluding hydrogens is 807 g/mol. The third-order valence-electron chi connectivity index (χ3n) is 8.46. The number of phenols is 4. The van der Waals surface area contributed by atoms with E-state index in [9.17, 15) is 44.7 Å². The van der Waals surface area contributed by atoms with Crippen LogP contribution in [0.25, 0.3) is 0 Å². The summed E-state index contributed by atoms with van der Waals surface area (Å²) in [6.45, 7) is 1.34. The van der Waals surface area contributed by atoms with Gasteiger partial charge in [0.25, 0.3) is 11.8 Å². The highest BCUT2D eigenvalue weighted by atomic mass is 32.2. The molecule has 1 saturated heterocycles. The van der Waals surface area contributed by atoms with E-state index in [1.807, 2.05) is 0 Å². The van der Waals surface area contributed by atoms with Crippen LogP contribution in [0, 0.1) is 0 Å². The Labute approximate surface area is 334 Å². The third kappa shape index (κ3) is 8.12. The van der Waals surface area contributed by atoms with E-state index in [2.05, 4.69) is 26.0 Å². The molecule has 57 heavy (non-hydrogen) atoms. The molecule has 0 unspecified atom stereocenters. The number of benzene rings is 2. The van der Waals surface area contributed by atoms with Gasteiger partial charge in [0, 0.05) is 22.6 Å². The second kappa shape index (κ2) is 16.0. The van der Waals surface area contributed by atoms with Crippen molar-refractivity contribution in [3.63, 3.8) is 0 Å². The van der Waals surface area contributed by atoms with Crippen LogP contribution >= 0.6 is 34.9 Å². The number of anilines is 1. The molecule has 23 heteroatoms. The summed E-state index contributed by atoms with van der Waals surface area (Å²) < 4.78 is 5.33. The monoisotopic (exact) mass is 837 g/mol. The minimum absolute atomic E-state index is 0.0279. The number of aromatic nitrogens is 1. The number of nitrogens with zero attached hydrogens (tertiary/aromatic N) is 6. The number of hydrazine groups is 2. The molecule has 4 aliphatic rings. The first kappa shape index (κ1) is 38.8. The number of hydrogen-bond acceptors (Lipinski definition) is 20. The van der Waals surface area contributed by atoms with E-state index in [1.165, 1.54) is 64.2 Å². The molecular formula is C34H31N9O11S3. The molecule has 0 bridgehead atoms. The number of aliphatic imine (C=N–C) groups is 1. The Morgan fingerprint density at radius 2 is 1.86 bits per heavy atom. The number of β-lactam (4-membered cyclic amide) rings is 1. The molecule has 7 rings (SSSR count). The molecule has 296 valence electrons. The van der Waals surface area contributed by atoms with Gasteiger partial charge in [-0.3, -0.25) is 19.5 Å². The number of allylic oxidation sites excluding steroid dienone is 1. The van der Waals surface area contributed by atoms with Gasteiger partial charge in [-0.15, -0.1) is 40.4 Å². The van der Waals surface area contributed by atoms with Gasteiger partial charge in [-0.25, -0.2) is 24.6 Å².